The van der Waals surface area contributed by atoms with Crippen LogP contribution < -0.4 is 10.6 Å². The zero-order valence-electron chi connectivity index (χ0n) is 16.4. The van der Waals surface area contributed by atoms with E-state index in [-0.39, 0.29) is 16.7 Å². The first-order chi connectivity index (χ1) is 13.2. The first-order valence-electron chi connectivity index (χ1n) is 8.94. The summed E-state index contributed by atoms with van der Waals surface area (Å²) in [7, 11) is -3.62. The quantitative estimate of drug-likeness (QED) is 0.682. The molecule has 1 heterocycles. The molecule has 0 bridgehead atoms. The summed E-state index contributed by atoms with van der Waals surface area (Å²) in [4.78, 5) is 25.0. The van der Waals surface area contributed by atoms with E-state index in [9.17, 15) is 18.0 Å². The second-order valence-electron chi connectivity index (χ2n) is 6.20. The van der Waals surface area contributed by atoms with Gasteiger partial charge < -0.3 is 10.6 Å². The Morgan fingerprint density at radius 1 is 1.11 bits per heavy atom. The Bertz CT molecular complexity index is 963. The van der Waals surface area contributed by atoms with Crippen molar-refractivity contribution in [2.24, 2.45) is 0 Å². The first kappa shape index (κ1) is 22.1. The predicted molar refractivity (Wildman–Crippen MR) is 111 cm³/mol. The molecule has 2 N–H and O–H groups in total. The molecule has 2 aromatic rings. The third-order valence-corrected chi connectivity index (χ3v) is 7.44. The number of carbonyl (C=O) groups is 2. The van der Waals surface area contributed by atoms with Gasteiger partial charge in [0.25, 0.3) is 5.91 Å². The van der Waals surface area contributed by atoms with Crippen LogP contribution >= 0.6 is 11.3 Å². The maximum atomic E-state index is 12.8. The number of anilines is 1. The molecule has 0 spiro atoms. The van der Waals surface area contributed by atoms with Gasteiger partial charge in [-0.1, -0.05) is 19.9 Å². The van der Waals surface area contributed by atoms with Crippen molar-refractivity contribution in [1.29, 1.82) is 0 Å². The maximum Gasteiger partial charge on any atom is 0.265 e. The number of benzene rings is 1. The zero-order chi connectivity index (χ0) is 20.9. The monoisotopic (exact) mass is 423 g/mol. The minimum Gasteiger partial charge on any atom is -0.351 e. The van der Waals surface area contributed by atoms with Gasteiger partial charge in [0, 0.05) is 30.6 Å². The highest BCUT2D eigenvalue weighted by Gasteiger charge is 2.24. The maximum absolute atomic E-state index is 12.8. The van der Waals surface area contributed by atoms with Crippen molar-refractivity contribution < 1.29 is 18.0 Å². The van der Waals surface area contributed by atoms with E-state index in [0.717, 1.165) is 4.88 Å². The smallest absolute Gasteiger partial charge is 0.265 e. The predicted octanol–water partition coefficient (Wildman–Crippen LogP) is 2.98. The number of nitrogens with one attached hydrogen (secondary N) is 2. The lowest BCUT2D eigenvalue weighted by Crippen LogP contribution is -2.31. The Balaban J connectivity index is 2.21. The lowest BCUT2D eigenvalue weighted by Gasteiger charge is -2.20. The summed E-state index contributed by atoms with van der Waals surface area (Å²) < 4.78 is 27.1. The van der Waals surface area contributed by atoms with E-state index in [0.29, 0.717) is 35.8 Å². The van der Waals surface area contributed by atoms with Crippen molar-refractivity contribution in [3.05, 3.63) is 45.6 Å². The van der Waals surface area contributed by atoms with Crippen molar-refractivity contribution in [3.63, 3.8) is 0 Å². The van der Waals surface area contributed by atoms with Crippen molar-refractivity contribution in [3.8, 4) is 0 Å². The number of hydrogen-bond acceptors (Lipinski definition) is 5. The van der Waals surface area contributed by atoms with E-state index in [1.165, 1.54) is 28.6 Å². The van der Waals surface area contributed by atoms with E-state index in [1.807, 2.05) is 0 Å². The highest BCUT2D eigenvalue weighted by atomic mass is 32.2. The van der Waals surface area contributed by atoms with Crippen LogP contribution in [0.4, 0.5) is 5.69 Å². The van der Waals surface area contributed by atoms with Crippen LogP contribution in [0.2, 0.25) is 0 Å². The van der Waals surface area contributed by atoms with Crippen LogP contribution in [0.25, 0.3) is 0 Å². The summed E-state index contributed by atoms with van der Waals surface area (Å²) in [5.74, 6) is -0.463. The van der Waals surface area contributed by atoms with Crippen LogP contribution in [-0.2, 0) is 21.4 Å². The van der Waals surface area contributed by atoms with Gasteiger partial charge in [-0.15, -0.1) is 11.3 Å². The number of rotatable bonds is 8. The molecule has 0 fully saturated rings. The Morgan fingerprint density at radius 3 is 2.39 bits per heavy atom. The molecule has 0 aliphatic heterocycles. The number of nitrogens with zero attached hydrogens (tertiary/aromatic N) is 1. The highest BCUT2D eigenvalue weighted by Crippen LogP contribution is 2.25. The fourth-order valence-electron chi connectivity index (χ4n) is 2.66. The van der Waals surface area contributed by atoms with E-state index in [4.69, 9.17) is 0 Å². The lowest BCUT2D eigenvalue weighted by atomic mass is 10.2. The van der Waals surface area contributed by atoms with Crippen molar-refractivity contribution in [1.82, 2.24) is 9.62 Å². The fourth-order valence-corrected chi connectivity index (χ4v) is 5.21. The molecule has 0 atom stereocenters. The highest BCUT2D eigenvalue weighted by molar-refractivity contribution is 7.89. The van der Waals surface area contributed by atoms with E-state index < -0.39 is 10.0 Å². The minimum absolute atomic E-state index is 0.138. The van der Waals surface area contributed by atoms with Crippen LogP contribution in [-0.4, -0.2) is 37.6 Å². The zero-order valence-corrected chi connectivity index (χ0v) is 18.0. The van der Waals surface area contributed by atoms with E-state index in [1.54, 1.807) is 45.0 Å². The summed E-state index contributed by atoms with van der Waals surface area (Å²) in [6.45, 7) is 7.86. The van der Waals surface area contributed by atoms with Crippen molar-refractivity contribution >= 4 is 38.9 Å². The second kappa shape index (κ2) is 9.31. The standard InChI is InChI=1S/C19H25N3O4S2/c1-5-22(6-2)28(25,26)18-11-15(8-7-13(18)3)21-19(24)17-10-9-16(27-17)12-20-14(4)23/h7-11H,5-6,12H2,1-4H3,(H,20,23)(H,21,24). The molecular weight excluding hydrogens is 398 g/mol. The largest absolute Gasteiger partial charge is 0.351 e. The molecule has 0 saturated carbocycles. The molecule has 2 amide bonds. The average Bonchev–Trinajstić information content (AvgIpc) is 3.11. The Labute approximate surface area is 169 Å². The van der Waals surface area contributed by atoms with E-state index in [2.05, 4.69) is 10.6 Å². The Kier molecular flexibility index (Phi) is 7.34. The normalized spacial score (nSPS) is 11.5. The average molecular weight is 424 g/mol. The number of thiophene rings is 1. The lowest BCUT2D eigenvalue weighted by molar-refractivity contribution is -0.119. The SMILES string of the molecule is CCN(CC)S(=O)(=O)c1cc(NC(=O)c2ccc(CNC(C)=O)s2)ccc1C. The number of hydrogen-bond donors (Lipinski definition) is 2. The molecule has 0 aliphatic rings. The van der Waals surface area contributed by atoms with E-state index >= 15 is 0 Å². The van der Waals surface area contributed by atoms with Crippen LogP contribution in [0.3, 0.4) is 0 Å². The van der Waals surface area contributed by atoms with Gasteiger partial charge in [0.1, 0.15) is 0 Å². The fraction of sp³-hybridized carbons (Fsp3) is 0.368. The first-order valence-corrected chi connectivity index (χ1v) is 11.2. The van der Waals surface area contributed by atoms with Crippen LogP contribution in [0.5, 0.6) is 0 Å². The van der Waals surface area contributed by atoms with Gasteiger partial charge in [0.2, 0.25) is 15.9 Å². The molecule has 1 aromatic carbocycles. The summed E-state index contributed by atoms with van der Waals surface area (Å²) in [5, 5.41) is 5.44. The number of amides is 2. The molecule has 2 rings (SSSR count). The molecule has 28 heavy (non-hydrogen) atoms. The Hall–Kier alpha value is -2.23. The molecule has 7 nitrogen and oxygen atoms in total. The summed E-state index contributed by atoms with van der Waals surface area (Å²) >= 11 is 1.27. The summed E-state index contributed by atoms with van der Waals surface area (Å²) in [6, 6.07) is 8.31. The molecule has 9 heteroatoms. The van der Waals surface area contributed by atoms with Gasteiger partial charge in [-0.3, -0.25) is 9.59 Å². The minimum atomic E-state index is -3.62. The van der Waals surface area contributed by atoms with Gasteiger partial charge in [-0.2, -0.15) is 4.31 Å². The van der Waals surface area contributed by atoms with Crippen LogP contribution in [0.15, 0.2) is 35.2 Å². The van der Waals surface area contributed by atoms with Crippen LogP contribution in [0, 0.1) is 6.92 Å². The van der Waals surface area contributed by atoms with Gasteiger partial charge in [-0.05, 0) is 36.8 Å². The van der Waals surface area contributed by atoms with Crippen LogP contribution in [0.1, 0.15) is 40.9 Å². The molecule has 0 unspecified atom stereocenters. The molecule has 0 radical (unpaired) electrons. The van der Waals surface area contributed by atoms with Crippen molar-refractivity contribution in [2.75, 3.05) is 18.4 Å². The van der Waals surface area contributed by atoms with Gasteiger partial charge in [0.05, 0.1) is 16.3 Å². The summed E-state index contributed by atoms with van der Waals surface area (Å²) in [5.41, 5.74) is 1.04. The van der Waals surface area contributed by atoms with Gasteiger partial charge >= 0.3 is 0 Å². The third-order valence-electron chi connectivity index (χ3n) is 4.17. The van der Waals surface area contributed by atoms with Gasteiger partial charge in [-0.25, -0.2) is 8.42 Å². The number of sulfonamides is 1. The van der Waals surface area contributed by atoms with Gasteiger partial charge in [0.15, 0.2) is 0 Å². The molecule has 0 saturated heterocycles. The second-order valence-corrected chi connectivity index (χ2v) is 9.27. The van der Waals surface area contributed by atoms with Crippen molar-refractivity contribution in [2.45, 2.75) is 39.1 Å². The molecule has 1 aromatic heterocycles. The summed E-state index contributed by atoms with van der Waals surface area (Å²) in [6.07, 6.45) is 0. The Morgan fingerprint density at radius 2 is 1.79 bits per heavy atom. The third kappa shape index (κ3) is 5.18. The number of carbonyl (C=O) groups excluding carboxylic acids is 2. The number of aryl methyl sites for hydroxylation is 1. The molecular formula is C19H25N3O4S2. The topological polar surface area (TPSA) is 95.6 Å². The molecule has 0 aliphatic carbocycles. The molecule has 152 valence electrons.